The van der Waals surface area contributed by atoms with E-state index < -0.39 is 11.7 Å². The highest BCUT2D eigenvalue weighted by atomic mass is 19.1. The van der Waals surface area contributed by atoms with Gasteiger partial charge in [-0.25, -0.2) is 14.4 Å². The molecule has 2 heterocycles. The second-order valence-corrected chi connectivity index (χ2v) is 6.99. The minimum atomic E-state index is -1.12. The maximum atomic E-state index is 13.2. The number of anilines is 3. The first-order chi connectivity index (χ1) is 15.9. The highest BCUT2D eigenvalue weighted by Crippen LogP contribution is 2.38. The Morgan fingerprint density at radius 2 is 1.82 bits per heavy atom. The van der Waals surface area contributed by atoms with Crippen molar-refractivity contribution in [3.05, 3.63) is 61.1 Å². The van der Waals surface area contributed by atoms with E-state index in [0.717, 1.165) is 16.6 Å². The first-order valence-electron chi connectivity index (χ1n) is 9.85. The maximum Gasteiger partial charge on any atom is 0.283 e. The molecule has 0 saturated heterocycles. The van der Waals surface area contributed by atoms with Crippen molar-refractivity contribution in [2.45, 2.75) is 0 Å². The molecule has 0 saturated carbocycles. The van der Waals surface area contributed by atoms with E-state index in [4.69, 9.17) is 9.47 Å². The van der Waals surface area contributed by atoms with Gasteiger partial charge in [-0.3, -0.25) is 9.48 Å². The van der Waals surface area contributed by atoms with Gasteiger partial charge in [-0.2, -0.15) is 5.10 Å². The van der Waals surface area contributed by atoms with E-state index in [9.17, 15) is 9.18 Å². The lowest BCUT2D eigenvalue weighted by atomic mass is 10.1. The summed E-state index contributed by atoms with van der Waals surface area (Å²) >= 11 is 0. The SMILES string of the molecule is C=C(F)C(=O)Nc1cc(Nc2nccc(-c3c4ccccc4nn3C)n2)c(OC)cc1OC. The average Bonchev–Trinajstić information content (AvgIpc) is 3.15. The van der Waals surface area contributed by atoms with E-state index in [1.165, 1.54) is 20.3 Å². The number of aromatic nitrogens is 4. The molecule has 4 rings (SSSR count). The largest absolute Gasteiger partial charge is 0.494 e. The predicted molar refractivity (Wildman–Crippen MR) is 123 cm³/mol. The molecule has 0 radical (unpaired) electrons. The van der Waals surface area contributed by atoms with Crippen LogP contribution in [-0.4, -0.2) is 39.9 Å². The van der Waals surface area contributed by atoms with Gasteiger partial charge in [-0.05, 0) is 18.2 Å². The standard InChI is InChI=1S/C23H21FN6O3/c1-13(24)22(31)26-17-11-18(20(33-4)12-19(17)32-3)28-23-25-10-9-16(27-23)21-14-7-5-6-8-15(14)29-30(21)2/h5-12H,1H2,2-4H3,(H,26,31)(H,25,27,28). The van der Waals surface area contributed by atoms with Gasteiger partial charge in [-0.1, -0.05) is 24.8 Å². The molecule has 1 amide bonds. The number of hydrogen-bond acceptors (Lipinski definition) is 7. The van der Waals surface area contributed by atoms with Gasteiger partial charge >= 0.3 is 0 Å². The zero-order valence-electron chi connectivity index (χ0n) is 18.2. The van der Waals surface area contributed by atoms with Crippen LogP contribution in [0.2, 0.25) is 0 Å². The summed E-state index contributed by atoms with van der Waals surface area (Å²) in [5.74, 6) is -1.13. The summed E-state index contributed by atoms with van der Waals surface area (Å²) in [6.07, 6.45) is 1.62. The number of benzene rings is 2. The van der Waals surface area contributed by atoms with Crippen LogP contribution in [0.5, 0.6) is 11.5 Å². The molecule has 2 aromatic heterocycles. The van der Waals surface area contributed by atoms with Crippen LogP contribution >= 0.6 is 0 Å². The van der Waals surface area contributed by atoms with Gasteiger partial charge in [-0.15, -0.1) is 0 Å². The molecule has 0 unspecified atom stereocenters. The number of hydrogen-bond donors (Lipinski definition) is 2. The highest BCUT2D eigenvalue weighted by Gasteiger charge is 2.17. The van der Waals surface area contributed by atoms with Crippen LogP contribution in [0.15, 0.2) is 61.1 Å². The highest BCUT2D eigenvalue weighted by molar-refractivity contribution is 6.03. The van der Waals surface area contributed by atoms with Gasteiger partial charge in [0.2, 0.25) is 5.95 Å². The number of fused-ring (bicyclic) bond motifs is 1. The van der Waals surface area contributed by atoms with Crippen LogP contribution in [-0.2, 0) is 11.8 Å². The number of carbonyl (C=O) groups excluding carboxylic acids is 1. The summed E-state index contributed by atoms with van der Waals surface area (Å²) in [7, 11) is 4.76. The van der Waals surface area contributed by atoms with Crippen molar-refractivity contribution >= 4 is 34.1 Å². The van der Waals surface area contributed by atoms with E-state index >= 15 is 0 Å². The third-order valence-corrected chi connectivity index (χ3v) is 4.90. The quantitative estimate of drug-likeness (QED) is 0.408. The number of rotatable bonds is 7. The minimum absolute atomic E-state index is 0.221. The van der Waals surface area contributed by atoms with E-state index in [1.54, 1.807) is 23.0 Å². The molecule has 0 bridgehead atoms. The number of ether oxygens (including phenoxy) is 2. The summed E-state index contributed by atoms with van der Waals surface area (Å²) in [6.45, 7) is 3.01. The van der Waals surface area contributed by atoms with Crippen molar-refractivity contribution in [2.75, 3.05) is 24.9 Å². The van der Waals surface area contributed by atoms with Crippen LogP contribution in [0.1, 0.15) is 0 Å². The molecule has 2 aromatic carbocycles. The Bertz CT molecular complexity index is 1370. The van der Waals surface area contributed by atoms with Gasteiger partial charge < -0.3 is 20.1 Å². The van der Waals surface area contributed by atoms with Crippen LogP contribution in [0.3, 0.4) is 0 Å². The summed E-state index contributed by atoms with van der Waals surface area (Å²) in [4.78, 5) is 20.7. The molecule has 10 heteroatoms. The summed E-state index contributed by atoms with van der Waals surface area (Å²) in [5, 5.41) is 11.0. The number of carbonyl (C=O) groups is 1. The monoisotopic (exact) mass is 448 g/mol. The predicted octanol–water partition coefficient (Wildman–Crippen LogP) is 4.21. The second kappa shape index (κ2) is 8.95. The van der Waals surface area contributed by atoms with E-state index in [2.05, 4.69) is 32.3 Å². The summed E-state index contributed by atoms with van der Waals surface area (Å²) < 4.78 is 25.7. The fourth-order valence-electron chi connectivity index (χ4n) is 3.41. The Balaban J connectivity index is 1.72. The van der Waals surface area contributed by atoms with E-state index in [1.807, 2.05) is 31.3 Å². The number of nitrogens with one attached hydrogen (secondary N) is 2. The van der Waals surface area contributed by atoms with Crippen molar-refractivity contribution in [2.24, 2.45) is 7.05 Å². The Hall–Kier alpha value is -4.47. The smallest absolute Gasteiger partial charge is 0.283 e. The Morgan fingerprint density at radius 3 is 2.55 bits per heavy atom. The number of nitrogens with zero attached hydrogens (tertiary/aromatic N) is 4. The zero-order chi connectivity index (χ0) is 23.5. The van der Waals surface area contributed by atoms with Gasteiger partial charge in [0, 0.05) is 24.7 Å². The van der Waals surface area contributed by atoms with Crippen LogP contribution < -0.4 is 20.1 Å². The molecular formula is C23H21FN6O3. The van der Waals surface area contributed by atoms with Crippen molar-refractivity contribution < 1.29 is 18.7 Å². The number of amides is 1. The van der Waals surface area contributed by atoms with Gasteiger partial charge in [0.25, 0.3) is 5.91 Å². The zero-order valence-corrected chi connectivity index (χ0v) is 18.2. The first-order valence-corrected chi connectivity index (χ1v) is 9.85. The van der Waals surface area contributed by atoms with Crippen molar-refractivity contribution in [3.8, 4) is 22.9 Å². The Morgan fingerprint density at radius 1 is 1.09 bits per heavy atom. The molecule has 0 aliphatic carbocycles. The molecule has 0 spiro atoms. The summed E-state index contributed by atoms with van der Waals surface area (Å²) in [5.41, 5.74) is 3.02. The lowest BCUT2D eigenvalue weighted by Crippen LogP contribution is -2.12. The Kier molecular flexibility index (Phi) is 5.90. The molecule has 2 N–H and O–H groups in total. The lowest BCUT2D eigenvalue weighted by molar-refractivity contribution is -0.114. The molecular weight excluding hydrogens is 427 g/mol. The number of methoxy groups -OCH3 is 2. The Labute approximate surface area is 188 Å². The van der Waals surface area contributed by atoms with Crippen LogP contribution in [0.25, 0.3) is 22.3 Å². The first kappa shape index (κ1) is 21.8. The van der Waals surface area contributed by atoms with Gasteiger partial charge in [0.05, 0.1) is 42.5 Å². The van der Waals surface area contributed by atoms with Crippen LogP contribution in [0, 0.1) is 0 Å². The molecule has 0 aliphatic heterocycles. The topological polar surface area (TPSA) is 103 Å². The minimum Gasteiger partial charge on any atom is -0.494 e. The fraction of sp³-hybridized carbons (Fsp3) is 0.130. The van der Waals surface area contributed by atoms with Crippen molar-refractivity contribution in [3.63, 3.8) is 0 Å². The molecule has 33 heavy (non-hydrogen) atoms. The van der Waals surface area contributed by atoms with Crippen LogP contribution in [0.4, 0.5) is 21.7 Å². The molecule has 4 aromatic rings. The van der Waals surface area contributed by atoms with E-state index in [0.29, 0.717) is 17.1 Å². The van der Waals surface area contributed by atoms with Gasteiger partial charge in [0.15, 0.2) is 5.83 Å². The molecule has 9 nitrogen and oxygen atoms in total. The third kappa shape index (κ3) is 4.31. The van der Waals surface area contributed by atoms with Gasteiger partial charge in [0.1, 0.15) is 11.5 Å². The summed E-state index contributed by atoms with van der Waals surface area (Å²) in [6, 6.07) is 12.7. The average molecular weight is 448 g/mol. The maximum absolute atomic E-state index is 13.2. The molecule has 0 aliphatic rings. The lowest BCUT2D eigenvalue weighted by Gasteiger charge is -2.16. The van der Waals surface area contributed by atoms with Crippen molar-refractivity contribution in [1.82, 2.24) is 19.7 Å². The normalized spacial score (nSPS) is 10.7. The fourth-order valence-corrected chi connectivity index (χ4v) is 3.41. The second-order valence-electron chi connectivity index (χ2n) is 6.99. The van der Waals surface area contributed by atoms with Crippen molar-refractivity contribution in [1.29, 1.82) is 0 Å². The van der Waals surface area contributed by atoms with E-state index in [-0.39, 0.29) is 17.4 Å². The number of aryl methyl sites for hydroxylation is 1. The third-order valence-electron chi connectivity index (χ3n) is 4.90. The molecule has 0 atom stereocenters. The molecule has 0 fully saturated rings. The number of halogens is 1. The molecule has 168 valence electrons.